The van der Waals surface area contributed by atoms with Crippen LogP contribution in [0.3, 0.4) is 0 Å². The lowest BCUT2D eigenvalue weighted by atomic mass is 9.72. The number of rotatable bonds is 5. The van der Waals surface area contributed by atoms with E-state index in [9.17, 15) is 10.2 Å². The third kappa shape index (κ3) is 3.83. The zero-order valence-corrected chi connectivity index (χ0v) is 15.9. The number of hydrogen-bond donors (Lipinski definition) is 3. The molecule has 140 valence electrons. The Kier molecular flexibility index (Phi) is 6.27. The molecule has 5 nitrogen and oxygen atoms in total. The quantitative estimate of drug-likeness (QED) is 0.557. The largest absolute Gasteiger partial charge is 0.507 e. The summed E-state index contributed by atoms with van der Waals surface area (Å²) < 4.78 is 5.59. The molecule has 0 bridgehead atoms. The van der Waals surface area contributed by atoms with Crippen LogP contribution in [0.15, 0.2) is 47.1 Å². The number of aliphatic imine (C=N–C) groups is 1. The molecular weight excluding hydrogens is 328 g/mol. The summed E-state index contributed by atoms with van der Waals surface area (Å²) in [4.78, 5) is 3.99. The Labute approximate surface area is 155 Å². The third-order valence-corrected chi connectivity index (χ3v) is 4.97. The van der Waals surface area contributed by atoms with E-state index >= 15 is 0 Å². The average molecular weight is 356 g/mol. The van der Waals surface area contributed by atoms with Crippen LogP contribution >= 0.6 is 0 Å². The fourth-order valence-electron chi connectivity index (χ4n) is 3.51. The van der Waals surface area contributed by atoms with Gasteiger partial charge in [0.1, 0.15) is 11.5 Å². The van der Waals surface area contributed by atoms with E-state index in [1.807, 2.05) is 26.0 Å². The predicted octanol–water partition coefficient (Wildman–Crippen LogP) is 3.39. The van der Waals surface area contributed by atoms with Crippen LogP contribution in [-0.4, -0.2) is 36.7 Å². The van der Waals surface area contributed by atoms with Crippen molar-refractivity contribution >= 4 is 11.8 Å². The van der Waals surface area contributed by atoms with Gasteiger partial charge in [-0.25, -0.2) is 0 Å². The van der Waals surface area contributed by atoms with Gasteiger partial charge in [-0.15, -0.1) is 0 Å². The summed E-state index contributed by atoms with van der Waals surface area (Å²) >= 11 is 0. The van der Waals surface area contributed by atoms with E-state index in [4.69, 9.17) is 10.5 Å². The Morgan fingerprint density at radius 1 is 1.42 bits per heavy atom. The maximum absolute atomic E-state index is 10.8. The van der Waals surface area contributed by atoms with Gasteiger partial charge in [0.15, 0.2) is 0 Å². The molecule has 0 unspecified atom stereocenters. The van der Waals surface area contributed by atoms with Crippen LogP contribution in [0, 0.1) is 5.92 Å². The molecule has 0 aromatic heterocycles. The minimum atomic E-state index is -0.493. The highest BCUT2D eigenvalue weighted by Crippen LogP contribution is 2.47. The van der Waals surface area contributed by atoms with Gasteiger partial charge in [-0.2, -0.15) is 0 Å². The van der Waals surface area contributed by atoms with E-state index in [2.05, 4.69) is 11.6 Å². The topological polar surface area (TPSA) is 88.1 Å². The number of phenols is 1. The Morgan fingerprint density at radius 3 is 2.65 bits per heavy atom. The molecule has 1 aromatic carbocycles. The molecular formula is C21H28N2O3. The number of aliphatic hydroxyl groups excluding tert-OH is 1. The summed E-state index contributed by atoms with van der Waals surface area (Å²) in [6.45, 7) is 7.92. The number of methoxy groups -OCH3 is 1. The molecule has 0 fully saturated rings. The highest BCUT2D eigenvalue weighted by molar-refractivity contribution is 6.09. The number of benzene rings is 1. The Morgan fingerprint density at radius 2 is 2.12 bits per heavy atom. The second-order valence-electron chi connectivity index (χ2n) is 6.76. The maximum Gasteiger partial charge on any atom is 0.126 e. The average Bonchev–Trinajstić information content (AvgIpc) is 2.60. The molecule has 0 saturated carbocycles. The standard InChI is InChI=1S/C21H28N2O3/c1-12(2)16-9-18(24)13(3)6-17(16)21-19(25)7-14(8-20(21)26-5)15(10-22)11-23-4/h6-8,10-11,16-18,24-25H,1,9,22H2,2-5H3/t16-,17+,18-/m0/s1. The van der Waals surface area contributed by atoms with E-state index in [1.165, 1.54) is 6.20 Å². The van der Waals surface area contributed by atoms with Crippen LogP contribution in [0.25, 0.3) is 5.57 Å². The molecule has 0 amide bonds. The van der Waals surface area contributed by atoms with Crippen molar-refractivity contribution in [3.8, 4) is 11.5 Å². The highest BCUT2D eigenvalue weighted by atomic mass is 16.5. The van der Waals surface area contributed by atoms with E-state index in [0.29, 0.717) is 23.3 Å². The summed E-state index contributed by atoms with van der Waals surface area (Å²) in [7, 11) is 3.24. The van der Waals surface area contributed by atoms with Crippen molar-refractivity contribution in [3.63, 3.8) is 0 Å². The number of allylic oxidation sites excluding steroid dienone is 3. The van der Waals surface area contributed by atoms with E-state index in [1.54, 1.807) is 26.4 Å². The molecule has 0 spiro atoms. The molecule has 4 N–H and O–H groups in total. The van der Waals surface area contributed by atoms with Crippen LogP contribution in [-0.2, 0) is 0 Å². The minimum absolute atomic E-state index is 0.0149. The SMILES string of the molecule is C=C(C)[C@@H]1C[C@H](O)C(C)=C[C@H]1c1c(O)cc(C(C=NC)=CN)cc1OC. The van der Waals surface area contributed by atoms with Crippen LogP contribution in [0.4, 0.5) is 0 Å². The molecule has 26 heavy (non-hydrogen) atoms. The van der Waals surface area contributed by atoms with Crippen molar-refractivity contribution in [2.45, 2.75) is 32.3 Å². The number of aromatic hydroxyl groups is 1. The molecule has 0 radical (unpaired) electrons. The fourth-order valence-corrected chi connectivity index (χ4v) is 3.51. The second-order valence-corrected chi connectivity index (χ2v) is 6.76. The summed E-state index contributed by atoms with van der Waals surface area (Å²) in [5.74, 6) is 0.589. The lowest BCUT2D eigenvalue weighted by Gasteiger charge is -2.34. The van der Waals surface area contributed by atoms with E-state index in [0.717, 1.165) is 16.7 Å². The molecule has 1 aliphatic rings. The molecule has 2 rings (SSSR count). The zero-order valence-electron chi connectivity index (χ0n) is 15.9. The van der Waals surface area contributed by atoms with Gasteiger partial charge in [-0.1, -0.05) is 18.2 Å². The molecule has 0 saturated heterocycles. The summed E-state index contributed by atoms with van der Waals surface area (Å²) in [6.07, 6.45) is 5.15. The Bertz CT molecular complexity index is 778. The van der Waals surface area contributed by atoms with Gasteiger partial charge in [0, 0.05) is 36.5 Å². The summed E-state index contributed by atoms with van der Waals surface area (Å²) in [6, 6.07) is 3.51. The van der Waals surface area contributed by atoms with Crippen molar-refractivity contribution in [2.24, 2.45) is 16.6 Å². The van der Waals surface area contributed by atoms with Crippen molar-refractivity contribution in [3.05, 3.63) is 53.3 Å². The smallest absolute Gasteiger partial charge is 0.126 e. The zero-order chi connectivity index (χ0) is 19.4. The number of phenolic OH excluding ortho intramolecular Hbond substituents is 1. The van der Waals surface area contributed by atoms with Gasteiger partial charge in [0.2, 0.25) is 0 Å². The second kappa shape index (κ2) is 8.23. The first-order valence-electron chi connectivity index (χ1n) is 8.61. The van der Waals surface area contributed by atoms with Crippen LogP contribution < -0.4 is 10.5 Å². The summed E-state index contributed by atoms with van der Waals surface area (Å²) in [5.41, 5.74) is 9.64. The molecule has 3 atom stereocenters. The minimum Gasteiger partial charge on any atom is -0.507 e. The fraction of sp³-hybridized carbons (Fsp3) is 0.381. The molecule has 0 aliphatic heterocycles. The van der Waals surface area contributed by atoms with Crippen molar-refractivity contribution < 1.29 is 14.9 Å². The Balaban J connectivity index is 2.63. The lowest BCUT2D eigenvalue weighted by Crippen LogP contribution is -2.26. The first-order chi connectivity index (χ1) is 12.3. The van der Waals surface area contributed by atoms with Gasteiger partial charge in [0.05, 0.1) is 13.2 Å². The first kappa shape index (κ1) is 19.8. The molecule has 5 heteroatoms. The highest BCUT2D eigenvalue weighted by Gasteiger charge is 2.33. The van der Waals surface area contributed by atoms with Gasteiger partial charge >= 0.3 is 0 Å². The monoisotopic (exact) mass is 356 g/mol. The van der Waals surface area contributed by atoms with Crippen molar-refractivity contribution in [1.82, 2.24) is 0 Å². The van der Waals surface area contributed by atoms with Gasteiger partial charge < -0.3 is 20.7 Å². The molecule has 1 aromatic rings. The van der Waals surface area contributed by atoms with Gasteiger partial charge in [-0.05, 0) is 49.5 Å². The summed E-state index contributed by atoms with van der Waals surface area (Å²) in [5, 5.41) is 21.0. The van der Waals surface area contributed by atoms with Gasteiger partial charge in [0.25, 0.3) is 0 Å². The van der Waals surface area contributed by atoms with E-state index < -0.39 is 6.10 Å². The number of nitrogens with zero attached hydrogens (tertiary/aromatic N) is 1. The van der Waals surface area contributed by atoms with Crippen molar-refractivity contribution in [1.29, 1.82) is 0 Å². The van der Waals surface area contributed by atoms with Crippen LogP contribution in [0.1, 0.15) is 37.3 Å². The first-order valence-corrected chi connectivity index (χ1v) is 8.61. The molecule has 1 aliphatic carbocycles. The number of nitrogens with two attached hydrogens (primary N) is 1. The van der Waals surface area contributed by atoms with Crippen LogP contribution in [0.2, 0.25) is 0 Å². The number of ether oxygens (including phenoxy) is 1. The van der Waals surface area contributed by atoms with E-state index in [-0.39, 0.29) is 17.6 Å². The normalized spacial score (nSPS) is 23.8. The lowest BCUT2D eigenvalue weighted by molar-refractivity contribution is 0.168. The predicted molar refractivity (Wildman–Crippen MR) is 107 cm³/mol. The third-order valence-electron chi connectivity index (χ3n) is 4.97. The maximum atomic E-state index is 10.8. The van der Waals surface area contributed by atoms with Crippen molar-refractivity contribution in [2.75, 3.05) is 14.2 Å². The van der Waals surface area contributed by atoms with Crippen LogP contribution in [0.5, 0.6) is 11.5 Å². The Hall–Kier alpha value is -2.53. The molecule has 0 heterocycles. The number of aliphatic hydroxyl groups is 1. The number of hydrogen-bond acceptors (Lipinski definition) is 5. The van der Waals surface area contributed by atoms with Gasteiger partial charge in [-0.3, -0.25) is 4.99 Å².